The molecule has 2 aromatic heterocycles. The minimum absolute atomic E-state index is 0.0376. The van der Waals surface area contributed by atoms with E-state index in [1.165, 1.54) is 20.2 Å². The van der Waals surface area contributed by atoms with E-state index < -0.39 is 52.9 Å². The fraction of sp³-hybridized carbons (Fsp3) is 0.680. The van der Waals surface area contributed by atoms with Crippen LogP contribution in [0.5, 0.6) is 5.88 Å². The van der Waals surface area contributed by atoms with E-state index in [0.717, 1.165) is 6.04 Å². The number of carbonyl (C=O) groups excluding carboxylic acids is 3. The third kappa shape index (κ3) is 10.4. The highest BCUT2D eigenvalue weighted by Gasteiger charge is 2.40. The number of esters is 2. The standard InChI is InChI=1S/C25H41N5O9Si2/c1-16(31)36-14-19-18(38-17(2)32)13-20(39-19)30-15-26-21-22(30)27-24(29-25(33)35-11-12-40(3,4)5)28-23(21)34-9-10-37-41(6,7)8/h15,18-20H,9-14H2,1-8H3,(H,27,28,29,33)/t18-,19+,20+/m0/s1. The Morgan fingerprint density at radius 2 is 1.76 bits per heavy atom. The van der Waals surface area contributed by atoms with Gasteiger partial charge in [0.15, 0.2) is 19.5 Å². The highest BCUT2D eigenvalue weighted by molar-refractivity contribution is 6.76. The lowest BCUT2D eigenvalue weighted by atomic mass is 10.2. The van der Waals surface area contributed by atoms with Crippen molar-refractivity contribution in [2.24, 2.45) is 0 Å². The number of hydrogen-bond donors (Lipinski definition) is 1. The van der Waals surface area contributed by atoms with E-state index in [2.05, 4.69) is 59.6 Å². The largest absolute Gasteiger partial charge is 0.474 e. The molecule has 1 fully saturated rings. The normalized spacial score (nSPS) is 19.2. The van der Waals surface area contributed by atoms with Crippen LogP contribution in [0, 0.1) is 0 Å². The second-order valence-electron chi connectivity index (χ2n) is 11.9. The second-order valence-corrected chi connectivity index (χ2v) is 22.0. The molecule has 1 N–H and O–H groups in total. The minimum atomic E-state index is -1.75. The van der Waals surface area contributed by atoms with Crippen LogP contribution in [-0.2, 0) is 33.0 Å². The molecule has 3 rings (SSSR count). The number of rotatable bonds is 13. The van der Waals surface area contributed by atoms with Gasteiger partial charge in [-0.15, -0.1) is 0 Å². The zero-order valence-electron chi connectivity index (χ0n) is 25.0. The van der Waals surface area contributed by atoms with Gasteiger partial charge in [-0.2, -0.15) is 9.97 Å². The smallest absolute Gasteiger partial charge is 0.414 e. The molecular formula is C25H41N5O9Si2. The maximum absolute atomic E-state index is 12.5. The number of fused-ring (bicyclic) bond motifs is 1. The van der Waals surface area contributed by atoms with Crippen LogP contribution < -0.4 is 10.1 Å². The van der Waals surface area contributed by atoms with E-state index >= 15 is 0 Å². The van der Waals surface area contributed by atoms with Crippen molar-refractivity contribution in [3.8, 4) is 5.88 Å². The first-order valence-electron chi connectivity index (χ1n) is 13.5. The summed E-state index contributed by atoms with van der Waals surface area (Å²) in [6.45, 7) is 16.1. The third-order valence-electron chi connectivity index (χ3n) is 5.80. The molecule has 0 unspecified atom stereocenters. The SMILES string of the molecule is CC(=O)OC[C@H]1O[C@@H](n2cnc3c(OCCO[Si](C)(C)C)nc(NC(=O)OCC[Si](C)(C)C)nc32)C[C@@H]1OC(C)=O. The molecule has 1 aliphatic heterocycles. The predicted molar refractivity (Wildman–Crippen MR) is 154 cm³/mol. The topological polar surface area (TPSA) is 162 Å². The molecule has 2 aromatic rings. The number of ether oxygens (including phenoxy) is 5. The number of aromatic nitrogens is 4. The maximum Gasteiger partial charge on any atom is 0.414 e. The summed E-state index contributed by atoms with van der Waals surface area (Å²) < 4.78 is 35.4. The van der Waals surface area contributed by atoms with E-state index in [0.29, 0.717) is 17.8 Å². The summed E-state index contributed by atoms with van der Waals surface area (Å²) in [6.07, 6.45) is -0.952. The molecule has 41 heavy (non-hydrogen) atoms. The molecule has 1 aliphatic rings. The molecule has 0 radical (unpaired) electrons. The van der Waals surface area contributed by atoms with Gasteiger partial charge in [0, 0.05) is 28.3 Å². The van der Waals surface area contributed by atoms with Crippen LogP contribution in [-0.4, -0.2) is 92.6 Å². The van der Waals surface area contributed by atoms with Gasteiger partial charge in [-0.3, -0.25) is 19.5 Å². The van der Waals surface area contributed by atoms with Crippen LogP contribution in [0.15, 0.2) is 6.33 Å². The molecule has 1 amide bonds. The Morgan fingerprint density at radius 1 is 1.02 bits per heavy atom. The first kappa shape index (κ1) is 32.4. The highest BCUT2D eigenvalue weighted by Crippen LogP contribution is 2.34. The Morgan fingerprint density at radius 3 is 2.39 bits per heavy atom. The van der Waals surface area contributed by atoms with Crippen LogP contribution in [0.1, 0.15) is 26.5 Å². The van der Waals surface area contributed by atoms with Crippen molar-refractivity contribution in [1.29, 1.82) is 0 Å². The fourth-order valence-electron chi connectivity index (χ4n) is 3.88. The number of carbonyl (C=O) groups is 3. The number of nitrogens with zero attached hydrogens (tertiary/aromatic N) is 4. The Balaban J connectivity index is 1.87. The maximum atomic E-state index is 12.5. The highest BCUT2D eigenvalue weighted by atomic mass is 28.4. The van der Waals surface area contributed by atoms with Gasteiger partial charge in [0.2, 0.25) is 11.8 Å². The third-order valence-corrected chi connectivity index (χ3v) is 8.58. The molecule has 0 spiro atoms. The number of amides is 1. The van der Waals surface area contributed by atoms with Crippen molar-refractivity contribution < 1.29 is 42.5 Å². The molecule has 228 valence electrons. The summed E-state index contributed by atoms with van der Waals surface area (Å²) >= 11 is 0. The van der Waals surface area contributed by atoms with Gasteiger partial charge in [-0.05, 0) is 25.7 Å². The van der Waals surface area contributed by atoms with Gasteiger partial charge < -0.3 is 28.1 Å². The second kappa shape index (κ2) is 13.7. The van der Waals surface area contributed by atoms with Crippen LogP contribution in [0.25, 0.3) is 11.2 Å². The lowest BCUT2D eigenvalue weighted by Crippen LogP contribution is -2.31. The molecule has 3 atom stereocenters. The first-order valence-corrected chi connectivity index (χ1v) is 20.6. The zero-order chi connectivity index (χ0) is 30.4. The van der Waals surface area contributed by atoms with Crippen LogP contribution in [0.3, 0.4) is 0 Å². The average Bonchev–Trinajstić information content (AvgIpc) is 3.42. The Hall–Kier alpha value is -3.09. The summed E-state index contributed by atoms with van der Waals surface area (Å²) in [4.78, 5) is 48.9. The summed E-state index contributed by atoms with van der Waals surface area (Å²) in [6, 6.07) is 0.815. The van der Waals surface area contributed by atoms with E-state index in [-0.39, 0.29) is 38.1 Å². The van der Waals surface area contributed by atoms with E-state index in [9.17, 15) is 14.4 Å². The lowest BCUT2D eigenvalue weighted by Gasteiger charge is -2.18. The molecule has 3 heterocycles. The molecule has 14 nitrogen and oxygen atoms in total. The minimum Gasteiger partial charge on any atom is -0.474 e. The molecular weight excluding hydrogens is 570 g/mol. The van der Waals surface area contributed by atoms with Crippen molar-refractivity contribution in [2.45, 2.75) is 84.0 Å². The van der Waals surface area contributed by atoms with Gasteiger partial charge in [-0.25, -0.2) is 9.78 Å². The van der Waals surface area contributed by atoms with E-state index in [1.807, 2.05) is 0 Å². The average molecular weight is 612 g/mol. The van der Waals surface area contributed by atoms with Crippen molar-refractivity contribution in [2.75, 3.05) is 31.7 Å². The van der Waals surface area contributed by atoms with Gasteiger partial charge >= 0.3 is 18.0 Å². The van der Waals surface area contributed by atoms with Gasteiger partial charge in [-0.1, -0.05) is 19.6 Å². The molecule has 0 bridgehead atoms. The zero-order valence-corrected chi connectivity index (χ0v) is 27.0. The van der Waals surface area contributed by atoms with Crippen molar-refractivity contribution in [3.63, 3.8) is 0 Å². The van der Waals surface area contributed by atoms with Gasteiger partial charge in [0.05, 0.1) is 19.5 Å². The summed E-state index contributed by atoms with van der Waals surface area (Å²) in [7, 11) is -3.14. The summed E-state index contributed by atoms with van der Waals surface area (Å²) in [5, 5.41) is 2.58. The molecule has 0 aromatic carbocycles. The number of imidazole rings is 1. The van der Waals surface area contributed by atoms with Gasteiger partial charge in [0.25, 0.3) is 0 Å². The number of nitrogens with one attached hydrogen (secondary N) is 1. The molecule has 0 saturated carbocycles. The Labute approximate surface area is 241 Å². The van der Waals surface area contributed by atoms with Crippen LogP contribution in [0.2, 0.25) is 45.3 Å². The van der Waals surface area contributed by atoms with Crippen molar-refractivity contribution >= 4 is 51.5 Å². The van der Waals surface area contributed by atoms with E-state index in [1.54, 1.807) is 4.57 Å². The predicted octanol–water partition coefficient (Wildman–Crippen LogP) is 3.73. The molecule has 0 aliphatic carbocycles. The van der Waals surface area contributed by atoms with Crippen molar-refractivity contribution in [3.05, 3.63) is 6.33 Å². The number of anilines is 1. The fourth-order valence-corrected chi connectivity index (χ4v) is 5.29. The Kier molecular flexibility index (Phi) is 10.8. The Bertz CT molecular complexity index is 1230. The van der Waals surface area contributed by atoms with E-state index in [4.69, 9.17) is 28.1 Å². The molecule has 16 heteroatoms. The van der Waals surface area contributed by atoms with Crippen LogP contribution in [0.4, 0.5) is 10.7 Å². The van der Waals surface area contributed by atoms with Crippen LogP contribution >= 0.6 is 0 Å². The summed E-state index contributed by atoms with van der Waals surface area (Å²) in [5.41, 5.74) is 0.657. The summed E-state index contributed by atoms with van der Waals surface area (Å²) in [5.74, 6) is -0.854. The number of hydrogen-bond acceptors (Lipinski definition) is 12. The monoisotopic (exact) mass is 611 g/mol. The first-order chi connectivity index (χ1) is 19.1. The molecule has 1 saturated heterocycles. The van der Waals surface area contributed by atoms with Gasteiger partial charge in [0.1, 0.15) is 31.6 Å². The lowest BCUT2D eigenvalue weighted by molar-refractivity contribution is -0.155. The van der Waals surface area contributed by atoms with Crippen molar-refractivity contribution in [1.82, 2.24) is 19.5 Å². The quantitative estimate of drug-likeness (QED) is 0.151.